The van der Waals surface area contributed by atoms with E-state index in [1.54, 1.807) is 12.1 Å². The van der Waals surface area contributed by atoms with Crippen molar-refractivity contribution in [3.05, 3.63) is 69.4 Å². The molecule has 0 radical (unpaired) electrons. The van der Waals surface area contributed by atoms with Crippen molar-refractivity contribution >= 4 is 15.9 Å². The summed E-state index contributed by atoms with van der Waals surface area (Å²) >= 11 is 3.29. The molecule has 0 saturated carbocycles. The third kappa shape index (κ3) is 3.10. The zero-order valence-electron chi connectivity index (χ0n) is 11.6. The van der Waals surface area contributed by atoms with E-state index in [9.17, 15) is 9.50 Å². The van der Waals surface area contributed by atoms with Gasteiger partial charge in [-0.05, 0) is 35.6 Å². The summed E-state index contributed by atoms with van der Waals surface area (Å²) < 4.78 is 14.4. The minimum Gasteiger partial charge on any atom is -0.384 e. The van der Waals surface area contributed by atoms with Crippen LogP contribution >= 0.6 is 15.9 Å². The maximum absolute atomic E-state index is 13.9. The number of halogens is 2. The lowest BCUT2D eigenvalue weighted by Crippen LogP contribution is -2.04. The topological polar surface area (TPSA) is 20.2 Å². The molecule has 0 aromatic heterocycles. The Kier molecular flexibility index (Phi) is 4.95. The highest BCUT2D eigenvalue weighted by atomic mass is 79.9. The number of aliphatic hydroxyl groups excluding tert-OH is 1. The minimum absolute atomic E-state index is 0.281. The molecule has 0 spiro atoms. The molecule has 2 atom stereocenters. The van der Waals surface area contributed by atoms with Crippen molar-refractivity contribution < 1.29 is 9.50 Å². The molecule has 0 fully saturated rings. The highest BCUT2D eigenvalue weighted by molar-refractivity contribution is 9.10. The van der Waals surface area contributed by atoms with Crippen LogP contribution in [0.4, 0.5) is 4.39 Å². The van der Waals surface area contributed by atoms with Crippen LogP contribution in [0.1, 0.15) is 49.0 Å². The Hall–Kier alpha value is -1.19. The first-order chi connectivity index (χ1) is 9.54. The summed E-state index contributed by atoms with van der Waals surface area (Å²) in [4.78, 5) is 0. The zero-order valence-corrected chi connectivity index (χ0v) is 13.2. The fraction of sp³-hybridized carbons (Fsp3) is 0.294. The molecule has 0 aliphatic heterocycles. The van der Waals surface area contributed by atoms with Gasteiger partial charge in [0, 0.05) is 10.0 Å². The summed E-state index contributed by atoms with van der Waals surface area (Å²) in [6.07, 6.45) is 0.109. The molecular weight excluding hydrogens is 319 g/mol. The van der Waals surface area contributed by atoms with Gasteiger partial charge in [0.2, 0.25) is 0 Å². The third-order valence-electron chi connectivity index (χ3n) is 3.71. The lowest BCUT2D eigenvalue weighted by atomic mass is 9.95. The second kappa shape index (κ2) is 6.51. The summed E-state index contributed by atoms with van der Waals surface area (Å²) in [7, 11) is 0. The molecule has 1 N–H and O–H groups in total. The van der Waals surface area contributed by atoms with Crippen LogP contribution in [0.2, 0.25) is 0 Å². The van der Waals surface area contributed by atoms with E-state index in [-0.39, 0.29) is 5.56 Å². The van der Waals surface area contributed by atoms with E-state index in [0.29, 0.717) is 16.0 Å². The van der Waals surface area contributed by atoms with Gasteiger partial charge in [0.1, 0.15) is 11.9 Å². The first-order valence-electron chi connectivity index (χ1n) is 6.76. The van der Waals surface area contributed by atoms with E-state index in [4.69, 9.17) is 0 Å². The molecule has 2 rings (SSSR count). The van der Waals surface area contributed by atoms with Crippen LogP contribution in [-0.4, -0.2) is 5.11 Å². The van der Waals surface area contributed by atoms with Crippen molar-refractivity contribution in [2.24, 2.45) is 0 Å². The lowest BCUT2D eigenvalue weighted by Gasteiger charge is -2.16. The highest BCUT2D eigenvalue weighted by Crippen LogP contribution is 2.31. The van der Waals surface area contributed by atoms with Gasteiger partial charge in [0.15, 0.2) is 0 Å². The second-order valence-corrected chi connectivity index (χ2v) is 5.87. The maximum Gasteiger partial charge on any atom is 0.130 e. The number of hydrogen-bond acceptors (Lipinski definition) is 1. The second-order valence-electron chi connectivity index (χ2n) is 5.01. The normalized spacial score (nSPS) is 14.1. The predicted octanol–water partition coefficient (Wildman–Crippen LogP) is 5.18. The predicted molar refractivity (Wildman–Crippen MR) is 83.3 cm³/mol. The number of benzene rings is 2. The molecule has 0 saturated heterocycles. The largest absolute Gasteiger partial charge is 0.384 e. The summed E-state index contributed by atoms with van der Waals surface area (Å²) in [5.74, 6) is 0.0827. The average Bonchev–Trinajstić information content (AvgIpc) is 2.46. The van der Waals surface area contributed by atoms with Gasteiger partial charge in [-0.15, -0.1) is 0 Å². The Balaban J connectivity index is 2.32. The van der Waals surface area contributed by atoms with E-state index in [0.717, 1.165) is 6.42 Å². The van der Waals surface area contributed by atoms with Crippen LogP contribution in [0.15, 0.2) is 46.9 Å². The van der Waals surface area contributed by atoms with Crippen molar-refractivity contribution in [3.63, 3.8) is 0 Å². The Morgan fingerprint density at radius 1 is 1.10 bits per heavy atom. The Morgan fingerprint density at radius 3 is 2.25 bits per heavy atom. The molecule has 2 unspecified atom stereocenters. The highest BCUT2D eigenvalue weighted by Gasteiger charge is 2.18. The van der Waals surface area contributed by atoms with Crippen LogP contribution in [0.3, 0.4) is 0 Å². The monoisotopic (exact) mass is 336 g/mol. The lowest BCUT2D eigenvalue weighted by molar-refractivity contribution is 0.214. The summed E-state index contributed by atoms with van der Waals surface area (Å²) in [5.41, 5.74) is 2.21. The van der Waals surface area contributed by atoms with Crippen molar-refractivity contribution in [2.75, 3.05) is 0 Å². The SMILES string of the molecule is CCC(C)c1ccc(C(O)c2c(F)cccc2Br)cc1. The van der Waals surface area contributed by atoms with E-state index >= 15 is 0 Å². The minimum atomic E-state index is -0.962. The van der Waals surface area contributed by atoms with Crippen LogP contribution in [-0.2, 0) is 0 Å². The first kappa shape index (κ1) is 15.2. The van der Waals surface area contributed by atoms with E-state index in [1.165, 1.54) is 11.6 Å². The molecule has 0 amide bonds. The van der Waals surface area contributed by atoms with E-state index in [2.05, 4.69) is 29.8 Å². The van der Waals surface area contributed by atoms with Gasteiger partial charge in [-0.25, -0.2) is 4.39 Å². The van der Waals surface area contributed by atoms with Gasteiger partial charge >= 0.3 is 0 Å². The van der Waals surface area contributed by atoms with Crippen molar-refractivity contribution in [2.45, 2.75) is 32.3 Å². The Labute approximate surface area is 127 Å². The Bertz CT molecular complexity index is 560. The fourth-order valence-corrected chi connectivity index (χ4v) is 2.74. The smallest absolute Gasteiger partial charge is 0.130 e. The van der Waals surface area contributed by atoms with Gasteiger partial charge in [-0.1, -0.05) is 60.1 Å². The van der Waals surface area contributed by atoms with Crippen LogP contribution in [0.5, 0.6) is 0 Å². The van der Waals surface area contributed by atoms with Crippen LogP contribution in [0.25, 0.3) is 0 Å². The van der Waals surface area contributed by atoms with Crippen LogP contribution in [0, 0.1) is 5.82 Å². The number of aliphatic hydroxyl groups is 1. The molecule has 106 valence electrons. The first-order valence-corrected chi connectivity index (χ1v) is 7.55. The molecule has 3 heteroatoms. The fourth-order valence-electron chi connectivity index (χ4n) is 2.18. The van der Waals surface area contributed by atoms with Gasteiger partial charge in [0.25, 0.3) is 0 Å². The van der Waals surface area contributed by atoms with Gasteiger partial charge in [-0.3, -0.25) is 0 Å². The van der Waals surface area contributed by atoms with E-state index in [1.807, 2.05) is 24.3 Å². The maximum atomic E-state index is 13.9. The molecular formula is C17H18BrFO. The molecule has 0 bridgehead atoms. The zero-order chi connectivity index (χ0) is 14.7. The summed E-state index contributed by atoms with van der Waals surface area (Å²) in [6, 6.07) is 12.4. The third-order valence-corrected chi connectivity index (χ3v) is 4.40. The van der Waals surface area contributed by atoms with Gasteiger partial charge in [-0.2, -0.15) is 0 Å². The van der Waals surface area contributed by atoms with Crippen molar-refractivity contribution in [3.8, 4) is 0 Å². The quantitative estimate of drug-likeness (QED) is 0.815. The molecule has 0 heterocycles. The Morgan fingerprint density at radius 2 is 1.70 bits per heavy atom. The standard InChI is InChI=1S/C17H18BrFO/c1-3-11(2)12-7-9-13(10-8-12)17(20)16-14(18)5-4-6-15(16)19/h4-11,17,20H,3H2,1-2H3. The summed E-state index contributed by atoms with van der Waals surface area (Å²) in [5, 5.41) is 10.4. The molecule has 2 aromatic carbocycles. The van der Waals surface area contributed by atoms with Crippen LogP contribution < -0.4 is 0 Å². The van der Waals surface area contributed by atoms with Gasteiger partial charge in [0.05, 0.1) is 0 Å². The average molecular weight is 337 g/mol. The molecule has 1 nitrogen and oxygen atoms in total. The summed E-state index contributed by atoms with van der Waals surface area (Å²) in [6.45, 7) is 4.31. The molecule has 0 aliphatic rings. The number of rotatable bonds is 4. The molecule has 0 aliphatic carbocycles. The molecule has 2 aromatic rings. The van der Waals surface area contributed by atoms with Crippen molar-refractivity contribution in [1.82, 2.24) is 0 Å². The molecule has 20 heavy (non-hydrogen) atoms. The van der Waals surface area contributed by atoms with E-state index < -0.39 is 11.9 Å². The van der Waals surface area contributed by atoms with Crippen molar-refractivity contribution in [1.29, 1.82) is 0 Å². The number of hydrogen-bond donors (Lipinski definition) is 1. The van der Waals surface area contributed by atoms with Gasteiger partial charge < -0.3 is 5.11 Å².